The summed E-state index contributed by atoms with van der Waals surface area (Å²) in [6.45, 7) is 14.3. The van der Waals surface area contributed by atoms with Crippen molar-refractivity contribution in [2.24, 2.45) is 0 Å². The minimum Gasteiger partial charge on any atom is -0.507 e. The molecule has 0 bridgehead atoms. The smallest absolute Gasteiger partial charge is 0.149 e. The molecule has 6 nitrogen and oxygen atoms in total. The van der Waals surface area contributed by atoms with Crippen molar-refractivity contribution in [2.75, 3.05) is 0 Å². The Morgan fingerprint density at radius 3 is 1.09 bits per heavy atom. The molecule has 0 unspecified atom stereocenters. The van der Waals surface area contributed by atoms with Gasteiger partial charge in [0.15, 0.2) is 0 Å². The first-order valence-corrected chi connectivity index (χ1v) is 28.9. The molecular formula is C56H50N4O2PtSi2. The SMILES string of the molecule is C[Si](C)(C)c1ccc(-n2c(-c3ccccc3O)nc3c(-c4cccc5c4nc(-c4ccccc4O)n5-c4ccc([Si](C)(C)C)cc4-c4ccccc4)cccc32)c(-c2ccccc2)c1.[Pt]. The van der Waals surface area contributed by atoms with Crippen LogP contribution in [0.5, 0.6) is 11.5 Å². The zero-order valence-corrected chi connectivity index (χ0v) is 41.6. The van der Waals surface area contributed by atoms with Crippen LogP contribution in [0, 0.1) is 0 Å². The Morgan fingerprint density at radius 1 is 0.369 bits per heavy atom. The van der Waals surface area contributed by atoms with E-state index in [1.165, 1.54) is 10.4 Å². The van der Waals surface area contributed by atoms with Gasteiger partial charge in [0.1, 0.15) is 23.1 Å². The number of phenolic OH excluding ortho intramolecular Hbond substituents is 2. The van der Waals surface area contributed by atoms with E-state index in [2.05, 4.69) is 182 Å². The Labute approximate surface area is 396 Å². The molecule has 0 atom stereocenters. The molecule has 8 aromatic carbocycles. The molecule has 0 radical (unpaired) electrons. The van der Waals surface area contributed by atoms with E-state index in [4.69, 9.17) is 9.97 Å². The van der Waals surface area contributed by atoms with Crippen molar-refractivity contribution in [3.63, 3.8) is 0 Å². The van der Waals surface area contributed by atoms with E-state index >= 15 is 0 Å². The summed E-state index contributed by atoms with van der Waals surface area (Å²) < 4.78 is 4.42. The van der Waals surface area contributed by atoms with Gasteiger partial charge in [-0.05, 0) is 59.7 Å². The molecule has 9 heteroatoms. The van der Waals surface area contributed by atoms with Crippen LogP contribution in [0.1, 0.15) is 0 Å². The summed E-state index contributed by atoms with van der Waals surface area (Å²) in [6, 6.07) is 62.3. The van der Waals surface area contributed by atoms with Gasteiger partial charge in [-0.1, -0.05) is 183 Å². The van der Waals surface area contributed by atoms with E-state index in [0.717, 1.165) is 66.8 Å². The van der Waals surface area contributed by atoms with Gasteiger partial charge >= 0.3 is 0 Å². The van der Waals surface area contributed by atoms with Crippen molar-refractivity contribution in [1.82, 2.24) is 19.1 Å². The number of aromatic hydroxyl groups is 2. The van der Waals surface area contributed by atoms with Crippen LogP contribution in [0.2, 0.25) is 39.3 Å². The molecule has 324 valence electrons. The molecule has 2 aromatic heterocycles. The number of benzene rings is 8. The maximum absolute atomic E-state index is 11.5. The van der Waals surface area contributed by atoms with Gasteiger partial charge in [0, 0.05) is 43.3 Å². The number of aromatic nitrogens is 4. The molecule has 0 fully saturated rings. The molecule has 0 aliphatic carbocycles. The van der Waals surface area contributed by atoms with Crippen molar-refractivity contribution in [3.8, 4) is 79.0 Å². The minimum atomic E-state index is -1.70. The van der Waals surface area contributed by atoms with Gasteiger partial charge in [-0.3, -0.25) is 9.13 Å². The fourth-order valence-electron chi connectivity index (χ4n) is 8.90. The third-order valence-corrected chi connectivity index (χ3v) is 16.4. The van der Waals surface area contributed by atoms with Gasteiger partial charge in [-0.15, -0.1) is 0 Å². The summed E-state index contributed by atoms with van der Waals surface area (Å²) in [5.41, 5.74) is 12.8. The number of hydrogen-bond donors (Lipinski definition) is 2. The Kier molecular flexibility index (Phi) is 11.5. The first-order chi connectivity index (χ1) is 30.9. The van der Waals surface area contributed by atoms with Gasteiger partial charge in [0.05, 0.1) is 60.7 Å². The molecule has 0 spiro atoms. The second-order valence-corrected chi connectivity index (χ2v) is 28.8. The summed E-state index contributed by atoms with van der Waals surface area (Å²) in [4.78, 5) is 11.0. The first-order valence-electron chi connectivity index (χ1n) is 21.9. The molecule has 0 aliphatic rings. The monoisotopic (exact) mass is 1060 g/mol. The second-order valence-electron chi connectivity index (χ2n) is 18.6. The maximum Gasteiger partial charge on any atom is 0.149 e. The largest absolute Gasteiger partial charge is 0.507 e. The predicted molar refractivity (Wildman–Crippen MR) is 272 cm³/mol. The van der Waals surface area contributed by atoms with E-state index in [0.29, 0.717) is 22.8 Å². The fourth-order valence-corrected chi connectivity index (χ4v) is 11.2. The Morgan fingerprint density at radius 2 is 0.723 bits per heavy atom. The summed E-state index contributed by atoms with van der Waals surface area (Å²) in [5.74, 6) is 1.59. The van der Waals surface area contributed by atoms with E-state index in [1.807, 2.05) is 36.4 Å². The zero-order chi connectivity index (χ0) is 44.3. The topological polar surface area (TPSA) is 76.1 Å². The quantitative estimate of drug-likeness (QED) is 0.141. The number of rotatable bonds is 9. The maximum atomic E-state index is 11.5. The van der Waals surface area contributed by atoms with E-state index in [-0.39, 0.29) is 32.6 Å². The van der Waals surface area contributed by atoms with Crippen molar-refractivity contribution >= 4 is 48.6 Å². The molecule has 2 N–H and O–H groups in total. The average Bonchev–Trinajstić information content (AvgIpc) is 3.88. The third-order valence-electron chi connectivity index (χ3n) is 12.3. The van der Waals surface area contributed by atoms with E-state index < -0.39 is 16.1 Å². The van der Waals surface area contributed by atoms with Crippen LogP contribution in [0.25, 0.3) is 89.6 Å². The third kappa shape index (κ3) is 7.90. The number of phenols is 2. The van der Waals surface area contributed by atoms with Gasteiger partial charge in [-0.25, -0.2) is 9.97 Å². The second kappa shape index (κ2) is 17.1. The number of fused-ring (bicyclic) bond motifs is 2. The van der Waals surface area contributed by atoms with Crippen LogP contribution in [-0.4, -0.2) is 45.5 Å². The number of hydrogen-bond acceptors (Lipinski definition) is 4. The summed E-state index contributed by atoms with van der Waals surface area (Å²) in [7, 11) is -3.40. The van der Waals surface area contributed by atoms with Crippen LogP contribution in [0.3, 0.4) is 0 Å². The predicted octanol–water partition coefficient (Wildman–Crippen LogP) is 13.2. The molecule has 10 aromatic rings. The van der Waals surface area contributed by atoms with Crippen LogP contribution in [-0.2, 0) is 21.1 Å². The van der Waals surface area contributed by atoms with Crippen molar-refractivity contribution < 1.29 is 31.3 Å². The van der Waals surface area contributed by atoms with Crippen molar-refractivity contribution in [3.05, 3.63) is 182 Å². The first kappa shape index (κ1) is 43.7. The molecule has 0 aliphatic heterocycles. The molecule has 65 heavy (non-hydrogen) atoms. The number of imidazole rings is 2. The van der Waals surface area contributed by atoms with Gasteiger partial charge in [0.25, 0.3) is 0 Å². The molecule has 2 heterocycles. The van der Waals surface area contributed by atoms with E-state index in [1.54, 1.807) is 12.1 Å². The molecule has 0 amide bonds. The van der Waals surface area contributed by atoms with Crippen LogP contribution in [0.15, 0.2) is 182 Å². The summed E-state index contributed by atoms with van der Waals surface area (Å²) >= 11 is 0. The Hall–Kier alpha value is -6.58. The average molecular weight is 1060 g/mol. The summed E-state index contributed by atoms with van der Waals surface area (Å²) in [5, 5.41) is 25.7. The molecule has 10 rings (SSSR count). The summed E-state index contributed by atoms with van der Waals surface area (Å²) in [6.07, 6.45) is 0. The number of para-hydroxylation sites is 4. The normalized spacial score (nSPS) is 11.8. The van der Waals surface area contributed by atoms with Crippen molar-refractivity contribution in [1.29, 1.82) is 0 Å². The number of nitrogens with zero attached hydrogens (tertiary/aromatic N) is 4. The Bertz CT molecular complexity index is 3160. The van der Waals surface area contributed by atoms with Crippen LogP contribution < -0.4 is 10.4 Å². The van der Waals surface area contributed by atoms with Crippen LogP contribution in [0.4, 0.5) is 0 Å². The molecular weight excluding hydrogens is 1010 g/mol. The van der Waals surface area contributed by atoms with Gasteiger partial charge in [0.2, 0.25) is 0 Å². The zero-order valence-electron chi connectivity index (χ0n) is 37.3. The Balaban J connectivity index is 0.00000533. The van der Waals surface area contributed by atoms with Crippen LogP contribution >= 0.6 is 0 Å². The molecule has 0 saturated heterocycles. The van der Waals surface area contributed by atoms with Gasteiger partial charge < -0.3 is 10.2 Å². The standard InChI is InChI=1S/C56H50N4O2Si2.Pt/c1-63(2,3)39-31-33-47(45(35-39)37-19-9-7-10-20-37)59-49-27-17-25-41(53(49)57-55(59)43-23-13-15-29-51(43)61)42-26-18-28-50-54(42)58-56(44-24-14-16-30-52(44)62)60(50)48-34-32-40(64(4,5)6)36-46(48)38-21-11-8-12-22-38;/h7-36,61-62H,1-6H3;. The van der Waals surface area contributed by atoms with Crippen molar-refractivity contribution in [2.45, 2.75) is 39.3 Å². The molecule has 0 saturated carbocycles. The van der Waals surface area contributed by atoms with E-state index in [9.17, 15) is 10.2 Å². The fraction of sp³-hybridized carbons (Fsp3) is 0.107. The van der Waals surface area contributed by atoms with Gasteiger partial charge in [-0.2, -0.15) is 0 Å². The minimum absolute atomic E-state index is 0.